The summed E-state index contributed by atoms with van der Waals surface area (Å²) in [6, 6.07) is 10.3. The summed E-state index contributed by atoms with van der Waals surface area (Å²) >= 11 is 0. The molecule has 4 amide bonds. The zero-order valence-corrected chi connectivity index (χ0v) is 15.3. The highest BCUT2D eigenvalue weighted by atomic mass is 19.1. The van der Waals surface area contributed by atoms with E-state index in [0.29, 0.717) is 5.56 Å². The van der Waals surface area contributed by atoms with Gasteiger partial charge in [-0.05, 0) is 25.5 Å². The Morgan fingerprint density at radius 1 is 1.18 bits per heavy atom. The first-order chi connectivity index (χ1) is 13.2. The third-order valence-electron chi connectivity index (χ3n) is 4.73. The van der Waals surface area contributed by atoms with Crippen LogP contribution in [0.4, 0.5) is 13.6 Å². The van der Waals surface area contributed by atoms with E-state index in [9.17, 15) is 23.2 Å². The number of halogens is 2. The quantitative estimate of drug-likeness (QED) is 0.774. The number of carbonyl (C=O) groups is 3. The maximum Gasteiger partial charge on any atom is 0.325 e. The van der Waals surface area contributed by atoms with Crippen LogP contribution in [0.25, 0.3) is 0 Å². The molecule has 146 valence electrons. The summed E-state index contributed by atoms with van der Waals surface area (Å²) < 4.78 is 26.9. The second-order valence-electron chi connectivity index (χ2n) is 6.77. The van der Waals surface area contributed by atoms with Crippen molar-refractivity contribution >= 4 is 17.8 Å². The minimum atomic E-state index is -1.27. The highest BCUT2D eigenvalue weighted by Gasteiger charge is 2.49. The van der Waals surface area contributed by atoms with E-state index in [4.69, 9.17) is 0 Å². The van der Waals surface area contributed by atoms with Crippen molar-refractivity contribution in [3.8, 4) is 0 Å². The maximum absolute atomic E-state index is 13.8. The van der Waals surface area contributed by atoms with Crippen molar-refractivity contribution in [2.75, 3.05) is 6.54 Å². The Hall–Kier alpha value is -3.29. The SMILES string of the molecule is CC(NC(=O)CN1C(=O)NC(C)(c2ccccc2)C1=O)c1ccc(F)cc1F. The number of carbonyl (C=O) groups excluding carboxylic acids is 3. The largest absolute Gasteiger partial charge is 0.348 e. The van der Waals surface area contributed by atoms with Gasteiger partial charge >= 0.3 is 6.03 Å². The Bertz CT molecular complexity index is 936. The Kier molecular flexibility index (Phi) is 5.13. The monoisotopic (exact) mass is 387 g/mol. The summed E-state index contributed by atoms with van der Waals surface area (Å²) in [6.45, 7) is 2.57. The van der Waals surface area contributed by atoms with Gasteiger partial charge in [0.1, 0.15) is 23.7 Å². The van der Waals surface area contributed by atoms with Gasteiger partial charge in [0.25, 0.3) is 5.91 Å². The molecule has 0 aromatic heterocycles. The van der Waals surface area contributed by atoms with Crippen LogP contribution >= 0.6 is 0 Å². The number of rotatable bonds is 5. The number of urea groups is 1. The predicted octanol–water partition coefficient (Wildman–Crippen LogP) is 2.61. The zero-order chi connectivity index (χ0) is 20.5. The van der Waals surface area contributed by atoms with Gasteiger partial charge in [-0.15, -0.1) is 0 Å². The molecule has 1 saturated heterocycles. The minimum Gasteiger partial charge on any atom is -0.348 e. The average Bonchev–Trinajstić information content (AvgIpc) is 2.86. The minimum absolute atomic E-state index is 0.0982. The van der Waals surface area contributed by atoms with E-state index in [2.05, 4.69) is 10.6 Å². The van der Waals surface area contributed by atoms with Crippen LogP contribution in [0.3, 0.4) is 0 Å². The standard InChI is InChI=1S/C20H19F2N3O3/c1-12(15-9-8-14(21)10-16(15)22)23-17(26)11-25-18(27)20(2,24-19(25)28)13-6-4-3-5-7-13/h3-10,12H,11H2,1-2H3,(H,23,26)(H,24,28). The average molecular weight is 387 g/mol. The van der Waals surface area contributed by atoms with Crippen molar-refractivity contribution in [2.45, 2.75) is 25.4 Å². The van der Waals surface area contributed by atoms with Crippen molar-refractivity contribution in [1.29, 1.82) is 0 Å². The molecule has 0 bridgehead atoms. The Balaban J connectivity index is 1.70. The fourth-order valence-corrected chi connectivity index (χ4v) is 3.17. The fourth-order valence-electron chi connectivity index (χ4n) is 3.17. The highest BCUT2D eigenvalue weighted by molar-refractivity contribution is 6.09. The lowest BCUT2D eigenvalue weighted by atomic mass is 9.92. The summed E-state index contributed by atoms with van der Waals surface area (Å²) in [6.07, 6.45) is 0. The van der Waals surface area contributed by atoms with Gasteiger partial charge in [0, 0.05) is 11.6 Å². The van der Waals surface area contributed by atoms with Gasteiger partial charge in [-0.1, -0.05) is 36.4 Å². The molecule has 6 nitrogen and oxygen atoms in total. The van der Waals surface area contributed by atoms with Gasteiger partial charge in [-0.2, -0.15) is 0 Å². The topological polar surface area (TPSA) is 78.5 Å². The van der Waals surface area contributed by atoms with Gasteiger partial charge in [0.2, 0.25) is 5.91 Å². The molecule has 28 heavy (non-hydrogen) atoms. The molecule has 0 radical (unpaired) electrons. The molecule has 0 aliphatic carbocycles. The van der Waals surface area contributed by atoms with E-state index in [1.54, 1.807) is 37.3 Å². The van der Waals surface area contributed by atoms with E-state index >= 15 is 0 Å². The predicted molar refractivity (Wildman–Crippen MR) is 97.0 cm³/mol. The van der Waals surface area contributed by atoms with Crippen molar-refractivity contribution in [2.24, 2.45) is 0 Å². The van der Waals surface area contributed by atoms with Gasteiger partial charge in [0.15, 0.2) is 0 Å². The summed E-state index contributed by atoms with van der Waals surface area (Å²) in [5, 5.41) is 5.12. The molecular formula is C20H19F2N3O3. The van der Waals surface area contributed by atoms with Gasteiger partial charge < -0.3 is 10.6 Å². The Morgan fingerprint density at radius 2 is 1.86 bits per heavy atom. The van der Waals surface area contributed by atoms with E-state index < -0.39 is 47.6 Å². The lowest BCUT2D eigenvalue weighted by Crippen LogP contribution is -2.43. The third-order valence-corrected chi connectivity index (χ3v) is 4.73. The first-order valence-corrected chi connectivity index (χ1v) is 8.66. The van der Waals surface area contributed by atoms with Crippen LogP contribution in [0.1, 0.15) is 31.0 Å². The van der Waals surface area contributed by atoms with E-state index in [1.165, 1.54) is 13.0 Å². The molecule has 2 atom stereocenters. The second kappa shape index (κ2) is 7.38. The summed E-state index contributed by atoms with van der Waals surface area (Å²) in [5.74, 6) is -2.71. The van der Waals surface area contributed by atoms with Crippen molar-refractivity contribution < 1.29 is 23.2 Å². The number of hydrogen-bond donors (Lipinski definition) is 2. The number of benzene rings is 2. The molecule has 2 aromatic rings. The molecule has 1 heterocycles. The molecule has 1 fully saturated rings. The lowest BCUT2D eigenvalue weighted by Gasteiger charge is -2.22. The van der Waals surface area contributed by atoms with Crippen LogP contribution in [-0.4, -0.2) is 29.3 Å². The molecule has 1 aliphatic heterocycles. The fraction of sp³-hybridized carbons (Fsp3) is 0.250. The molecule has 2 unspecified atom stereocenters. The second-order valence-corrected chi connectivity index (χ2v) is 6.77. The highest BCUT2D eigenvalue weighted by Crippen LogP contribution is 2.28. The van der Waals surface area contributed by atoms with Gasteiger partial charge in [0.05, 0.1) is 6.04 Å². The number of nitrogens with one attached hydrogen (secondary N) is 2. The zero-order valence-electron chi connectivity index (χ0n) is 15.3. The van der Waals surface area contributed by atoms with E-state index in [-0.39, 0.29) is 5.56 Å². The number of amides is 4. The molecule has 2 N–H and O–H groups in total. The summed E-state index contributed by atoms with van der Waals surface area (Å²) in [4.78, 5) is 38.2. The first-order valence-electron chi connectivity index (χ1n) is 8.66. The Morgan fingerprint density at radius 3 is 2.50 bits per heavy atom. The first kappa shape index (κ1) is 19.5. The number of imide groups is 1. The normalized spacial score (nSPS) is 20.1. The van der Waals surface area contributed by atoms with E-state index in [0.717, 1.165) is 17.0 Å². The number of nitrogens with zero attached hydrogens (tertiary/aromatic N) is 1. The molecule has 3 rings (SSSR count). The maximum atomic E-state index is 13.8. The Labute approximate surface area is 160 Å². The smallest absolute Gasteiger partial charge is 0.325 e. The lowest BCUT2D eigenvalue weighted by molar-refractivity contribution is -0.135. The van der Waals surface area contributed by atoms with Crippen molar-refractivity contribution in [3.63, 3.8) is 0 Å². The molecule has 0 spiro atoms. The van der Waals surface area contributed by atoms with Crippen LogP contribution in [0, 0.1) is 11.6 Å². The van der Waals surface area contributed by atoms with Gasteiger partial charge in [-0.25, -0.2) is 13.6 Å². The van der Waals surface area contributed by atoms with Crippen LogP contribution in [0.15, 0.2) is 48.5 Å². The molecule has 0 saturated carbocycles. The van der Waals surface area contributed by atoms with E-state index in [1.807, 2.05) is 0 Å². The molecule has 1 aliphatic rings. The summed E-state index contributed by atoms with van der Waals surface area (Å²) in [5.41, 5.74) is -0.577. The van der Waals surface area contributed by atoms with Crippen LogP contribution in [0.5, 0.6) is 0 Å². The number of hydrogen-bond acceptors (Lipinski definition) is 3. The van der Waals surface area contributed by atoms with Crippen molar-refractivity contribution in [1.82, 2.24) is 15.5 Å². The van der Waals surface area contributed by atoms with Crippen LogP contribution in [0.2, 0.25) is 0 Å². The molecular weight excluding hydrogens is 368 g/mol. The third kappa shape index (κ3) is 3.58. The summed E-state index contributed by atoms with van der Waals surface area (Å²) in [7, 11) is 0. The van der Waals surface area contributed by atoms with Crippen molar-refractivity contribution in [3.05, 3.63) is 71.3 Å². The van der Waals surface area contributed by atoms with Crippen LogP contribution in [-0.2, 0) is 15.1 Å². The molecule has 8 heteroatoms. The molecule has 2 aromatic carbocycles. The van der Waals surface area contributed by atoms with Crippen LogP contribution < -0.4 is 10.6 Å². The van der Waals surface area contributed by atoms with Gasteiger partial charge in [-0.3, -0.25) is 14.5 Å².